The molecule has 2 aromatic rings. The number of hydrogen-bond acceptors (Lipinski definition) is 5. The Labute approximate surface area is 109 Å². The zero-order valence-electron chi connectivity index (χ0n) is 10.5. The molecule has 2 rings (SSSR count). The number of benzene rings is 1. The summed E-state index contributed by atoms with van der Waals surface area (Å²) in [6, 6.07) is 4.39. The molecule has 0 saturated heterocycles. The minimum absolute atomic E-state index is 0.117. The quantitative estimate of drug-likeness (QED) is 0.885. The number of hydrogen-bond donors (Lipinski definition) is 1. The third-order valence-corrected chi connectivity index (χ3v) is 2.51. The van der Waals surface area contributed by atoms with E-state index < -0.39 is 5.97 Å². The van der Waals surface area contributed by atoms with Crippen molar-refractivity contribution in [1.82, 2.24) is 15.0 Å². The number of nitrogens with zero attached hydrogens (tertiary/aromatic N) is 3. The van der Waals surface area contributed by atoms with E-state index in [4.69, 9.17) is 14.6 Å². The van der Waals surface area contributed by atoms with Gasteiger partial charge in [0.05, 0.1) is 12.7 Å². The van der Waals surface area contributed by atoms with Gasteiger partial charge in [0.15, 0.2) is 11.5 Å². The van der Waals surface area contributed by atoms with Crippen molar-refractivity contribution in [2.24, 2.45) is 0 Å². The lowest BCUT2D eigenvalue weighted by atomic mass is 10.2. The molecule has 0 aliphatic rings. The summed E-state index contributed by atoms with van der Waals surface area (Å²) in [6.45, 7) is 2.49. The Morgan fingerprint density at radius 1 is 1.42 bits per heavy atom. The maximum atomic E-state index is 11.0. The van der Waals surface area contributed by atoms with Gasteiger partial charge in [-0.05, 0) is 25.1 Å². The molecule has 0 aliphatic heterocycles. The summed E-state index contributed by atoms with van der Waals surface area (Å²) in [5, 5.41) is 16.5. The van der Waals surface area contributed by atoms with Crippen LogP contribution in [0.4, 0.5) is 0 Å². The first kappa shape index (κ1) is 12.9. The van der Waals surface area contributed by atoms with Gasteiger partial charge in [-0.1, -0.05) is 5.21 Å². The fourth-order valence-corrected chi connectivity index (χ4v) is 1.55. The highest BCUT2D eigenvalue weighted by Gasteiger charge is 2.13. The zero-order valence-corrected chi connectivity index (χ0v) is 10.5. The molecule has 0 atom stereocenters. The highest BCUT2D eigenvalue weighted by molar-refractivity contribution is 5.88. The highest BCUT2D eigenvalue weighted by atomic mass is 16.5. The van der Waals surface area contributed by atoms with E-state index in [1.54, 1.807) is 10.7 Å². The highest BCUT2D eigenvalue weighted by Crippen LogP contribution is 2.32. The number of carbonyl (C=O) groups is 1. The van der Waals surface area contributed by atoms with Gasteiger partial charge >= 0.3 is 5.97 Å². The van der Waals surface area contributed by atoms with Crippen molar-refractivity contribution < 1.29 is 19.4 Å². The van der Waals surface area contributed by atoms with Crippen LogP contribution in [-0.4, -0.2) is 33.2 Å². The van der Waals surface area contributed by atoms with Gasteiger partial charge in [0.1, 0.15) is 6.20 Å². The Hall–Kier alpha value is -2.57. The molecule has 1 heterocycles. The van der Waals surface area contributed by atoms with Gasteiger partial charge in [-0.3, -0.25) is 0 Å². The Morgan fingerprint density at radius 2 is 2.21 bits per heavy atom. The predicted molar refractivity (Wildman–Crippen MR) is 65.7 cm³/mol. The van der Waals surface area contributed by atoms with Crippen molar-refractivity contribution in [2.45, 2.75) is 13.5 Å². The van der Waals surface area contributed by atoms with Crippen LogP contribution < -0.4 is 9.47 Å². The van der Waals surface area contributed by atoms with Crippen LogP contribution in [0.1, 0.15) is 17.3 Å². The second-order valence-electron chi connectivity index (χ2n) is 3.66. The average molecular weight is 263 g/mol. The number of aryl methyl sites for hydroxylation is 1. The van der Waals surface area contributed by atoms with Crippen LogP contribution >= 0.6 is 0 Å². The topological polar surface area (TPSA) is 86.5 Å². The van der Waals surface area contributed by atoms with E-state index in [1.165, 1.54) is 25.4 Å². The molecule has 1 N–H and O–H groups in total. The summed E-state index contributed by atoms with van der Waals surface area (Å²) in [5.74, 6) is 0.131. The van der Waals surface area contributed by atoms with Gasteiger partial charge in [0, 0.05) is 6.54 Å². The summed E-state index contributed by atoms with van der Waals surface area (Å²) in [7, 11) is 1.48. The smallest absolute Gasteiger partial charge is 0.335 e. The first-order valence-electron chi connectivity index (χ1n) is 5.63. The van der Waals surface area contributed by atoms with Crippen LogP contribution in [0.25, 0.3) is 0 Å². The molecule has 0 radical (unpaired) electrons. The average Bonchev–Trinajstić information content (AvgIpc) is 2.85. The van der Waals surface area contributed by atoms with E-state index in [0.29, 0.717) is 23.9 Å². The maximum absolute atomic E-state index is 11.0. The third kappa shape index (κ3) is 2.65. The Kier molecular flexibility index (Phi) is 3.65. The second-order valence-corrected chi connectivity index (χ2v) is 3.66. The first-order chi connectivity index (χ1) is 9.15. The minimum Gasteiger partial charge on any atom is -0.493 e. The van der Waals surface area contributed by atoms with Crippen LogP contribution in [0.2, 0.25) is 0 Å². The molecule has 1 aromatic carbocycles. The second kappa shape index (κ2) is 5.38. The molecule has 0 bridgehead atoms. The number of methoxy groups -OCH3 is 1. The summed E-state index contributed by atoms with van der Waals surface area (Å²) >= 11 is 0. The van der Waals surface area contributed by atoms with E-state index >= 15 is 0 Å². The van der Waals surface area contributed by atoms with Crippen LogP contribution in [0.15, 0.2) is 24.4 Å². The molecule has 0 unspecified atom stereocenters. The van der Waals surface area contributed by atoms with Gasteiger partial charge in [-0.2, -0.15) is 0 Å². The number of aromatic nitrogens is 3. The van der Waals surface area contributed by atoms with E-state index in [0.717, 1.165) is 0 Å². The molecular weight excluding hydrogens is 250 g/mol. The molecule has 0 aliphatic carbocycles. The molecule has 0 spiro atoms. The van der Waals surface area contributed by atoms with Crippen molar-refractivity contribution >= 4 is 5.97 Å². The lowest BCUT2D eigenvalue weighted by Crippen LogP contribution is -2.02. The molecule has 0 amide bonds. The molecule has 0 saturated carbocycles. The largest absolute Gasteiger partial charge is 0.493 e. The van der Waals surface area contributed by atoms with Gasteiger partial charge in [0.25, 0.3) is 0 Å². The van der Waals surface area contributed by atoms with Gasteiger partial charge in [-0.25, -0.2) is 9.48 Å². The molecule has 0 fully saturated rings. The van der Waals surface area contributed by atoms with Crippen molar-refractivity contribution in [1.29, 1.82) is 0 Å². The molecule has 100 valence electrons. The molecule has 7 heteroatoms. The molecular formula is C12H13N3O4. The van der Waals surface area contributed by atoms with Crippen LogP contribution in [0.5, 0.6) is 17.4 Å². The van der Waals surface area contributed by atoms with E-state index in [-0.39, 0.29) is 5.56 Å². The number of rotatable bonds is 5. The Balaban J connectivity index is 2.37. The van der Waals surface area contributed by atoms with Crippen LogP contribution in [-0.2, 0) is 6.54 Å². The van der Waals surface area contributed by atoms with Gasteiger partial charge < -0.3 is 14.6 Å². The van der Waals surface area contributed by atoms with Crippen LogP contribution in [0, 0.1) is 0 Å². The van der Waals surface area contributed by atoms with Crippen LogP contribution in [0.3, 0.4) is 0 Å². The fourth-order valence-electron chi connectivity index (χ4n) is 1.55. The molecule has 19 heavy (non-hydrogen) atoms. The minimum atomic E-state index is -1.03. The lowest BCUT2D eigenvalue weighted by molar-refractivity contribution is 0.0696. The summed E-state index contributed by atoms with van der Waals surface area (Å²) in [6.07, 6.45) is 1.45. The first-order valence-corrected chi connectivity index (χ1v) is 5.63. The van der Waals surface area contributed by atoms with Crippen molar-refractivity contribution in [3.05, 3.63) is 30.0 Å². The van der Waals surface area contributed by atoms with E-state index in [9.17, 15) is 4.79 Å². The van der Waals surface area contributed by atoms with E-state index in [1.807, 2.05) is 6.92 Å². The summed E-state index contributed by atoms with van der Waals surface area (Å²) in [5.41, 5.74) is 0.117. The standard InChI is InChI=1S/C12H13N3O4/c1-3-15-11(7-13-14-15)19-10-6-8(12(16)17)4-5-9(10)18-2/h4-7H,3H2,1-2H3,(H,16,17). The number of carboxylic acid groups (broad SMARTS) is 1. The molecule has 7 nitrogen and oxygen atoms in total. The predicted octanol–water partition coefficient (Wildman–Crippen LogP) is 1.80. The third-order valence-electron chi connectivity index (χ3n) is 2.51. The summed E-state index contributed by atoms with van der Waals surface area (Å²) in [4.78, 5) is 11.0. The monoisotopic (exact) mass is 263 g/mol. The number of carboxylic acids is 1. The van der Waals surface area contributed by atoms with Gasteiger partial charge in [-0.15, -0.1) is 5.10 Å². The Morgan fingerprint density at radius 3 is 2.84 bits per heavy atom. The van der Waals surface area contributed by atoms with Crippen molar-refractivity contribution in [3.8, 4) is 17.4 Å². The lowest BCUT2D eigenvalue weighted by Gasteiger charge is -2.10. The van der Waals surface area contributed by atoms with Gasteiger partial charge in [0.2, 0.25) is 5.88 Å². The van der Waals surface area contributed by atoms with Crippen molar-refractivity contribution in [2.75, 3.05) is 7.11 Å². The number of aromatic carboxylic acids is 1. The summed E-state index contributed by atoms with van der Waals surface area (Å²) < 4.78 is 12.3. The SMILES string of the molecule is CCn1nncc1Oc1cc(C(=O)O)ccc1OC. The zero-order chi connectivity index (χ0) is 13.8. The van der Waals surface area contributed by atoms with E-state index in [2.05, 4.69) is 10.3 Å². The van der Waals surface area contributed by atoms with Crippen molar-refractivity contribution in [3.63, 3.8) is 0 Å². The Bertz CT molecular complexity index is 594. The molecule has 1 aromatic heterocycles. The number of ether oxygens (including phenoxy) is 2. The maximum Gasteiger partial charge on any atom is 0.335 e. The normalized spacial score (nSPS) is 10.2. The fraction of sp³-hybridized carbons (Fsp3) is 0.250.